The number of Topliss-reactive ketones (excluding diaryl/α,β-unsaturated/α-hetero) is 1. The zero-order chi connectivity index (χ0) is 20.2. The van der Waals surface area contributed by atoms with E-state index in [1.165, 1.54) is 55.5 Å². The first-order valence-corrected chi connectivity index (χ1v) is 9.57. The fourth-order valence-electron chi connectivity index (χ4n) is 2.16. The first kappa shape index (κ1) is 20.5. The Bertz CT molecular complexity index is 921. The molecule has 1 atom stereocenters. The lowest BCUT2D eigenvalue weighted by molar-refractivity contribution is -0.0498. The van der Waals surface area contributed by atoms with E-state index in [0.29, 0.717) is 0 Å². The molecule has 0 saturated carbocycles. The first-order valence-electron chi connectivity index (χ1n) is 7.68. The van der Waals surface area contributed by atoms with Gasteiger partial charge in [0, 0.05) is 11.8 Å². The van der Waals surface area contributed by atoms with Crippen molar-refractivity contribution in [3.63, 3.8) is 0 Å². The van der Waals surface area contributed by atoms with Crippen molar-refractivity contribution >= 4 is 21.6 Å². The second kappa shape index (κ2) is 8.26. The number of ketones is 1. The van der Waals surface area contributed by atoms with Gasteiger partial charge in [0.05, 0.1) is 10.5 Å². The van der Waals surface area contributed by atoms with Gasteiger partial charge < -0.3 is 9.47 Å². The molecule has 144 valence electrons. The van der Waals surface area contributed by atoms with Crippen molar-refractivity contribution in [1.29, 1.82) is 0 Å². The van der Waals surface area contributed by atoms with Gasteiger partial charge >= 0.3 is 12.6 Å². The molecule has 0 heterocycles. The van der Waals surface area contributed by atoms with Crippen molar-refractivity contribution in [3.8, 4) is 5.75 Å². The summed E-state index contributed by atoms with van der Waals surface area (Å²) >= 11 is 0. The number of halogens is 2. The molecule has 0 amide bonds. The Kier molecular flexibility index (Phi) is 6.27. The summed E-state index contributed by atoms with van der Waals surface area (Å²) in [6, 6.07) is 10.1. The van der Waals surface area contributed by atoms with E-state index in [1.54, 1.807) is 0 Å². The van der Waals surface area contributed by atoms with Gasteiger partial charge in [-0.3, -0.25) is 4.79 Å². The summed E-state index contributed by atoms with van der Waals surface area (Å²) in [5.41, 5.74) is 0.243. The highest BCUT2D eigenvalue weighted by molar-refractivity contribution is 7.90. The largest absolute Gasteiger partial charge is 0.451 e. The molecule has 0 aromatic heterocycles. The first-order chi connectivity index (χ1) is 12.6. The molecule has 0 spiro atoms. The van der Waals surface area contributed by atoms with Crippen molar-refractivity contribution in [2.75, 3.05) is 6.26 Å². The van der Waals surface area contributed by atoms with Crippen LogP contribution in [0.2, 0.25) is 0 Å². The maximum atomic E-state index is 12.3. The second-order valence-electron chi connectivity index (χ2n) is 5.61. The Morgan fingerprint density at radius 1 is 0.926 bits per heavy atom. The van der Waals surface area contributed by atoms with Crippen LogP contribution in [0.5, 0.6) is 5.75 Å². The van der Waals surface area contributed by atoms with E-state index in [9.17, 15) is 26.8 Å². The third-order valence-corrected chi connectivity index (χ3v) is 4.66. The molecule has 0 saturated heterocycles. The monoisotopic (exact) mass is 398 g/mol. The summed E-state index contributed by atoms with van der Waals surface area (Å²) in [5, 5.41) is 0. The summed E-state index contributed by atoms with van der Waals surface area (Å²) in [5.74, 6) is -1.43. The second-order valence-corrected chi connectivity index (χ2v) is 7.63. The molecule has 0 aliphatic heterocycles. The Balaban J connectivity index is 2.04. The van der Waals surface area contributed by atoms with Crippen LogP contribution in [0.15, 0.2) is 53.4 Å². The summed E-state index contributed by atoms with van der Waals surface area (Å²) in [6.45, 7) is -1.60. The minimum absolute atomic E-state index is 0.0503. The molecule has 2 aromatic carbocycles. The van der Waals surface area contributed by atoms with Gasteiger partial charge in [-0.1, -0.05) is 0 Å². The van der Waals surface area contributed by atoms with Crippen LogP contribution in [0.4, 0.5) is 8.78 Å². The number of hydrogen-bond donors (Lipinski definition) is 0. The van der Waals surface area contributed by atoms with Crippen LogP contribution >= 0.6 is 0 Å². The van der Waals surface area contributed by atoms with Gasteiger partial charge in [-0.2, -0.15) is 8.78 Å². The molecule has 0 aliphatic rings. The molecule has 2 rings (SSSR count). The van der Waals surface area contributed by atoms with E-state index in [4.69, 9.17) is 4.74 Å². The number of hydrogen-bond acceptors (Lipinski definition) is 6. The standard InChI is InChI=1S/C18H16F2O6S/c1-11(16(21)12-3-7-14(8-4-12)26-18(19)20)25-17(22)13-5-9-15(10-6-13)27(2,23)24/h3-11,18H,1-2H3/t11-/m0/s1. The Labute approximate surface area is 154 Å². The molecule has 9 heteroatoms. The smallest absolute Gasteiger partial charge is 0.387 e. The molecular weight excluding hydrogens is 382 g/mol. The van der Waals surface area contributed by atoms with Gasteiger partial charge in [0.15, 0.2) is 15.9 Å². The molecule has 0 aliphatic carbocycles. The van der Waals surface area contributed by atoms with Crippen LogP contribution in [-0.2, 0) is 14.6 Å². The minimum Gasteiger partial charge on any atom is -0.451 e. The van der Waals surface area contributed by atoms with E-state index in [-0.39, 0.29) is 21.8 Å². The summed E-state index contributed by atoms with van der Waals surface area (Å²) < 4.78 is 56.3. The molecule has 0 N–H and O–H groups in total. The number of carbonyl (C=O) groups is 2. The molecule has 6 nitrogen and oxygen atoms in total. The van der Waals surface area contributed by atoms with Crippen LogP contribution in [0.1, 0.15) is 27.6 Å². The van der Waals surface area contributed by atoms with Crippen molar-refractivity contribution < 1.29 is 36.3 Å². The fraction of sp³-hybridized carbons (Fsp3) is 0.222. The highest BCUT2D eigenvalue weighted by Gasteiger charge is 2.21. The zero-order valence-electron chi connectivity index (χ0n) is 14.4. The highest BCUT2D eigenvalue weighted by atomic mass is 32.2. The van der Waals surface area contributed by atoms with Crippen molar-refractivity contribution in [1.82, 2.24) is 0 Å². The predicted molar refractivity (Wildman–Crippen MR) is 91.8 cm³/mol. The minimum atomic E-state index is -3.39. The van der Waals surface area contributed by atoms with Gasteiger partial charge in [-0.15, -0.1) is 0 Å². The Morgan fingerprint density at radius 3 is 1.93 bits per heavy atom. The summed E-state index contributed by atoms with van der Waals surface area (Å²) in [6.07, 6.45) is -0.0902. The number of esters is 1. The van der Waals surface area contributed by atoms with Gasteiger partial charge in [-0.05, 0) is 55.5 Å². The number of carbonyl (C=O) groups excluding carboxylic acids is 2. The highest BCUT2D eigenvalue weighted by Crippen LogP contribution is 2.17. The van der Waals surface area contributed by atoms with E-state index in [0.717, 1.165) is 6.26 Å². The van der Waals surface area contributed by atoms with E-state index in [2.05, 4.69) is 4.74 Å². The molecule has 2 aromatic rings. The van der Waals surface area contributed by atoms with Gasteiger partial charge in [0.1, 0.15) is 5.75 Å². The summed E-state index contributed by atoms with van der Waals surface area (Å²) in [7, 11) is -3.39. The molecule has 27 heavy (non-hydrogen) atoms. The molecule has 0 radical (unpaired) electrons. The third-order valence-electron chi connectivity index (χ3n) is 3.54. The van der Waals surface area contributed by atoms with Gasteiger partial charge in [-0.25, -0.2) is 13.2 Å². The maximum Gasteiger partial charge on any atom is 0.387 e. The van der Waals surface area contributed by atoms with Crippen molar-refractivity contribution in [3.05, 3.63) is 59.7 Å². The number of ether oxygens (including phenoxy) is 2. The maximum absolute atomic E-state index is 12.3. The van der Waals surface area contributed by atoms with E-state index >= 15 is 0 Å². The number of benzene rings is 2. The lowest BCUT2D eigenvalue weighted by atomic mass is 10.1. The lowest BCUT2D eigenvalue weighted by Gasteiger charge is -2.13. The lowest BCUT2D eigenvalue weighted by Crippen LogP contribution is -2.24. The van der Waals surface area contributed by atoms with Gasteiger partial charge in [0.2, 0.25) is 5.78 Å². The van der Waals surface area contributed by atoms with Crippen LogP contribution in [0.25, 0.3) is 0 Å². The third kappa shape index (κ3) is 5.58. The average Bonchev–Trinajstić information content (AvgIpc) is 2.60. The quantitative estimate of drug-likeness (QED) is 0.526. The van der Waals surface area contributed by atoms with Crippen LogP contribution < -0.4 is 4.74 Å². The normalized spacial score (nSPS) is 12.5. The SMILES string of the molecule is C[C@H](OC(=O)c1ccc(S(C)(=O)=O)cc1)C(=O)c1ccc(OC(F)F)cc1. The number of alkyl halides is 2. The molecule has 0 fully saturated rings. The molecule has 0 bridgehead atoms. The Morgan fingerprint density at radius 2 is 1.44 bits per heavy atom. The Hall–Kier alpha value is -2.81. The van der Waals surface area contributed by atoms with Gasteiger partial charge in [0.25, 0.3) is 0 Å². The van der Waals surface area contributed by atoms with Crippen LogP contribution in [0, 0.1) is 0 Å². The van der Waals surface area contributed by atoms with Crippen LogP contribution in [-0.4, -0.2) is 39.1 Å². The van der Waals surface area contributed by atoms with Crippen molar-refractivity contribution in [2.45, 2.75) is 24.5 Å². The molecule has 0 unspecified atom stereocenters. The molecular formula is C18H16F2O6S. The van der Waals surface area contributed by atoms with E-state index < -0.39 is 34.3 Å². The summed E-state index contributed by atoms with van der Waals surface area (Å²) in [4.78, 5) is 24.4. The van der Waals surface area contributed by atoms with Crippen molar-refractivity contribution in [2.24, 2.45) is 0 Å². The van der Waals surface area contributed by atoms with Crippen LogP contribution in [0.3, 0.4) is 0 Å². The predicted octanol–water partition coefficient (Wildman–Crippen LogP) is 3.12. The van der Waals surface area contributed by atoms with E-state index in [1.807, 2.05) is 0 Å². The number of sulfone groups is 1. The topological polar surface area (TPSA) is 86.7 Å². The fourth-order valence-corrected chi connectivity index (χ4v) is 2.79. The zero-order valence-corrected chi connectivity index (χ0v) is 15.2. The number of rotatable bonds is 7. The average molecular weight is 398 g/mol.